The molecule has 0 aromatic carbocycles. The van der Waals surface area contributed by atoms with Crippen LogP contribution in [0.4, 0.5) is 0 Å². The van der Waals surface area contributed by atoms with Gasteiger partial charge in [-0.25, -0.2) is 0 Å². The fourth-order valence-electron chi connectivity index (χ4n) is 2.74. The van der Waals surface area contributed by atoms with Crippen molar-refractivity contribution in [2.45, 2.75) is 44.8 Å². The molecule has 1 N–H and O–H groups in total. The molecular weight excluding hydrogens is 190 g/mol. The molecule has 1 saturated heterocycles. The molecule has 0 amide bonds. The number of rotatable bonds is 2. The van der Waals surface area contributed by atoms with Crippen LogP contribution < -0.4 is 0 Å². The summed E-state index contributed by atoms with van der Waals surface area (Å²) in [5.74, 6) is 0.488. The highest BCUT2D eigenvalue weighted by molar-refractivity contribution is 4.88. The zero-order chi connectivity index (χ0) is 10.9. The molecular formula is C12H23NO2. The largest absolute Gasteiger partial charge is 0.393 e. The summed E-state index contributed by atoms with van der Waals surface area (Å²) in [5, 5.41) is 9.83. The lowest BCUT2D eigenvalue weighted by atomic mass is 9.98. The van der Waals surface area contributed by atoms with Crippen molar-refractivity contribution in [1.29, 1.82) is 0 Å². The van der Waals surface area contributed by atoms with Crippen LogP contribution in [0.25, 0.3) is 0 Å². The van der Waals surface area contributed by atoms with Crippen molar-refractivity contribution in [3.8, 4) is 0 Å². The van der Waals surface area contributed by atoms with Gasteiger partial charge in [0.25, 0.3) is 0 Å². The van der Waals surface area contributed by atoms with Crippen LogP contribution in [0.1, 0.15) is 33.1 Å². The Morgan fingerprint density at radius 2 is 2.20 bits per heavy atom. The molecule has 0 bridgehead atoms. The average Bonchev–Trinajstić information content (AvgIpc) is 2.56. The normalized spacial score (nSPS) is 37.0. The quantitative estimate of drug-likeness (QED) is 0.749. The first kappa shape index (κ1) is 11.4. The van der Waals surface area contributed by atoms with Crippen molar-refractivity contribution in [1.82, 2.24) is 4.90 Å². The second kappa shape index (κ2) is 4.40. The number of hydrogen-bond acceptors (Lipinski definition) is 3. The molecule has 0 aromatic rings. The SMILES string of the molecule is CC1(C)COCCN1CC1CCCC1O. The third kappa shape index (κ3) is 2.52. The summed E-state index contributed by atoms with van der Waals surface area (Å²) in [4.78, 5) is 2.48. The van der Waals surface area contributed by atoms with E-state index in [2.05, 4.69) is 18.7 Å². The maximum absolute atomic E-state index is 9.83. The predicted molar refractivity (Wildman–Crippen MR) is 59.8 cm³/mol. The first-order valence-corrected chi connectivity index (χ1v) is 6.10. The number of aliphatic hydroxyl groups excluding tert-OH is 1. The first-order chi connectivity index (χ1) is 7.09. The lowest BCUT2D eigenvalue weighted by molar-refractivity contribution is -0.0631. The Balaban J connectivity index is 1.92. The molecule has 2 unspecified atom stereocenters. The number of ether oxygens (including phenoxy) is 1. The summed E-state index contributed by atoms with van der Waals surface area (Å²) in [6.07, 6.45) is 3.31. The molecule has 1 saturated carbocycles. The van der Waals surface area contributed by atoms with Gasteiger partial charge in [0, 0.05) is 18.6 Å². The van der Waals surface area contributed by atoms with Gasteiger partial charge in [-0.3, -0.25) is 4.90 Å². The van der Waals surface area contributed by atoms with Crippen molar-refractivity contribution in [3.05, 3.63) is 0 Å². The molecule has 1 heterocycles. The van der Waals surface area contributed by atoms with Crippen LogP contribution in [0.2, 0.25) is 0 Å². The molecule has 3 nitrogen and oxygen atoms in total. The van der Waals surface area contributed by atoms with E-state index in [1.165, 1.54) is 12.8 Å². The monoisotopic (exact) mass is 213 g/mol. The van der Waals surface area contributed by atoms with E-state index in [1.807, 2.05) is 0 Å². The highest BCUT2D eigenvalue weighted by Crippen LogP contribution is 2.29. The van der Waals surface area contributed by atoms with Crippen LogP contribution in [-0.4, -0.2) is 48.0 Å². The van der Waals surface area contributed by atoms with Crippen molar-refractivity contribution in [2.24, 2.45) is 5.92 Å². The average molecular weight is 213 g/mol. The predicted octanol–water partition coefficient (Wildman–Crippen LogP) is 1.26. The van der Waals surface area contributed by atoms with Crippen LogP contribution in [-0.2, 0) is 4.74 Å². The van der Waals surface area contributed by atoms with Gasteiger partial charge in [-0.1, -0.05) is 6.42 Å². The van der Waals surface area contributed by atoms with Gasteiger partial charge < -0.3 is 9.84 Å². The van der Waals surface area contributed by atoms with Crippen LogP contribution in [0.5, 0.6) is 0 Å². The van der Waals surface area contributed by atoms with Gasteiger partial charge in [-0.15, -0.1) is 0 Å². The maximum atomic E-state index is 9.83. The fourth-order valence-corrected chi connectivity index (χ4v) is 2.74. The molecule has 0 spiro atoms. The number of hydrogen-bond donors (Lipinski definition) is 1. The van der Waals surface area contributed by atoms with Crippen molar-refractivity contribution in [2.75, 3.05) is 26.3 Å². The number of morpholine rings is 1. The smallest absolute Gasteiger partial charge is 0.0645 e. The van der Waals surface area contributed by atoms with E-state index >= 15 is 0 Å². The van der Waals surface area contributed by atoms with Crippen molar-refractivity contribution in [3.63, 3.8) is 0 Å². The van der Waals surface area contributed by atoms with Gasteiger partial charge in [0.2, 0.25) is 0 Å². The topological polar surface area (TPSA) is 32.7 Å². The highest BCUT2D eigenvalue weighted by Gasteiger charge is 2.35. The summed E-state index contributed by atoms with van der Waals surface area (Å²) in [6.45, 7) is 8.16. The Morgan fingerprint density at radius 3 is 2.80 bits per heavy atom. The zero-order valence-electron chi connectivity index (χ0n) is 9.91. The van der Waals surface area contributed by atoms with Gasteiger partial charge >= 0.3 is 0 Å². The Labute approximate surface area is 92.4 Å². The highest BCUT2D eigenvalue weighted by atomic mass is 16.5. The van der Waals surface area contributed by atoms with E-state index in [9.17, 15) is 5.11 Å². The van der Waals surface area contributed by atoms with E-state index in [-0.39, 0.29) is 11.6 Å². The van der Waals surface area contributed by atoms with Gasteiger partial charge in [0.1, 0.15) is 0 Å². The molecule has 2 rings (SSSR count). The zero-order valence-corrected chi connectivity index (χ0v) is 9.91. The minimum Gasteiger partial charge on any atom is -0.393 e. The first-order valence-electron chi connectivity index (χ1n) is 6.10. The summed E-state index contributed by atoms with van der Waals surface area (Å²) < 4.78 is 5.50. The van der Waals surface area contributed by atoms with Crippen LogP contribution >= 0.6 is 0 Å². The maximum Gasteiger partial charge on any atom is 0.0645 e. The molecule has 2 aliphatic rings. The lowest BCUT2D eigenvalue weighted by Gasteiger charge is -2.43. The molecule has 1 aliphatic heterocycles. The standard InChI is InChI=1S/C12H23NO2/c1-12(2)9-15-7-6-13(12)8-10-4-3-5-11(10)14/h10-11,14H,3-9H2,1-2H3. The number of aliphatic hydroxyl groups is 1. The van der Waals surface area contributed by atoms with Gasteiger partial charge in [0.05, 0.1) is 19.3 Å². The molecule has 15 heavy (non-hydrogen) atoms. The van der Waals surface area contributed by atoms with Gasteiger partial charge in [-0.2, -0.15) is 0 Å². The molecule has 1 aliphatic carbocycles. The molecule has 2 atom stereocenters. The molecule has 88 valence electrons. The Kier molecular flexibility index (Phi) is 3.33. The fraction of sp³-hybridized carbons (Fsp3) is 1.00. The second-order valence-electron chi connectivity index (χ2n) is 5.57. The Hall–Kier alpha value is -0.120. The minimum absolute atomic E-state index is 0.0661. The Morgan fingerprint density at radius 1 is 1.40 bits per heavy atom. The third-order valence-corrected chi connectivity index (χ3v) is 3.89. The molecule has 2 fully saturated rings. The van der Waals surface area contributed by atoms with Crippen molar-refractivity contribution < 1.29 is 9.84 Å². The van der Waals surface area contributed by atoms with Crippen LogP contribution in [0.15, 0.2) is 0 Å². The summed E-state index contributed by atoms with van der Waals surface area (Å²) in [5.41, 5.74) is 0.139. The van der Waals surface area contributed by atoms with Crippen LogP contribution in [0.3, 0.4) is 0 Å². The van der Waals surface area contributed by atoms with E-state index in [1.54, 1.807) is 0 Å². The minimum atomic E-state index is -0.0661. The number of nitrogens with zero attached hydrogens (tertiary/aromatic N) is 1. The van der Waals surface area contributed by atoms with E-state index < -0.39 is 0 Å². The van der Waals surface area contributed by atoms with Gasteiger partial charge in [0.15, 0.2) is 0 Å². The third-order valence-electron chi connectivity index (χ3n) is 3.89. The summed E-state index contributed by atoms with van der Waals surface area (Å²) >= 11 is 0. The summed E-state index contributed by atoms with van der Waals surface area (Å²) in [6, 6.07) is 0. The lowest BCUT2D eigenvalue weighted by Crippen LogP contribution is -2.54. The van der Waals surface area contributed by atoms with Crippen molar-refractivity contribution >= 4 is 0 Å². The summed E-state index contributed by atoms with van der Waals surface area (Å²) in [7, 11) is 0. The molecule has 3 heteroatoms. The second-order valence-corrected chi connectivity index (χ2v) is 5.57. The molecule has 0 aromatic heterocycles. The Bertz CT molecular complexity index is 218. The van der Waals surface area contributed by atoms with E-state index in [4.69, 9.17) is 4.74 Å². The van der Waals surface area contributed by atoms with E-state index in [0.717, 1.165) is 32.7 Å². The molecule has 0 radical (unpaired) electrons. The van der Waals surface area contributed by atoms with E-state index in [0.29, 0.717) is 5.92 Å². The van der Waals surface area contributed by atoms with Crippen LogP contribution in [0, 0.1) is 5.92 Å². The van der Waals surface area contributed by atoms with Gasteiger partial charge in [-0.05, 0) is 32.6 Å².